The van der Waals surface area contributed by atoms with Gasteiger partial charge in [0.2, 0.25) is 0 Å². The highest BCUT2D eigenvalue weighted by molar-refractivity contribution is 9.11. The van der Waals surface area contributed by atoms with Crippen LogP contribution in [0.4, 0.5) is 0 Å². The van der Waals surface area contributed by atoms with Crippen molar-refractivity contribution in [3.05, 3.63) is 26.5 Å². The first-order valence-electron chi connectivity index (χ1n) is 5.61. The van der Waals surface area contributed by atoms with E-state index < -0.39 is 0 Å². The normalized spacial score (nSPS) is 11.1. The fourth-order valence-electron chi connectivity index (χ4n) is 1.83. The maximum atomic E-state index is 4.57. The molecule has 3 nitrogen and oxygen atoms in total. The Morgan fingerprint density at radius 2 is 2.29 bits per heavy atom. The van der Waals surface area contributed by atoms with Gasteiger partial charge in [-0.05, 0) is 35.5 Å². The van der Waals surface area contributed by atoms with Gasteiger partial charge in [-0.2, -0.15) is 5.10 Å². The van der Waals surface area contributed by atoms with E-state index in [9.17, 15) is 0 Å². The molecule has 2 aromatic rings. The number of thiophene rings is 1. The predicted octanol–water partition coefficient (Wildman–Crippen LogP) is 3.33. The maximum absolute atomic E-state index is 4.57. The minimum atomic E-state index is 0.868. The number of rotatable bonds is 4. The van der Waals surface area contributed by atoms with Gasteiger partial charge in [0.15, 0.2) is 0 Å². The van der Waals surface area contributed by atoms with E-state index in [1.807, 2.05) is 11.7 Å². The van der Waals surface area contributed by atoms with Crippen LogP contribution in [0.25, 0.3) is 11.3 Å². The smallest absolute Gasteiger partial charge is 0.0979 e. The first-order valence-corrected chi connectivity index (χ1v) is 7.22. The molecule has 2 heterocycles. The molecule has 92 valence electrons. The third-order valence-corrected chi connectivity index (χ3v) is 4.17. The molecule has 0 saturated carbocycles. The van der Waals surface area contributed by atoms with Crippen LogP contribution in [0.1, 0.15) is 17.4 Å². The number of hydrogen-bond acceptors (Lipinski definition) is 3. The highest BCUT2D eigenvalue weighted by atomic mass is 79.9. The summed E-state index contributed by atoms with van der Waals surface area (Å²) < 4.78 is 3.04. The van der Waals surface area contributed by atoms with Crippen LogP contribution in [0, 0.1) is 6.92 Å². The van der Waals surface area contributed by atoms with E-state index in [0.29, 0.717) is 0 Å². The number of aryl methyl sites for hydroxylation is 2. The predicted molar refractivity (Wildman–Crippen MR) is 76.3 cm³/mol. The molecule has 0 fully saturated rings. The zero-order chi connectivity index (χ0) is 12.4. The molecule has 0 atom stereocenters. The highest BCUT2D eigenvalue weighted by Crippen LogP contribution is 2.34. The van der Waals surface area contributed by atoms with Crippen molar-refractivity contribution in [1.82, 2.24) is 15.1 Å². The molecule has 17 heavy (non-hydrogen) atoms. The summed E-state index contributed by atoms with van der Waals surface area (Å²) in [4.78, 5) is 1.30. The van der Waals surface area contributed by atoms with Gasteiger partial charge in [-0.3, -0.25) is 4.68 Å². The molecule has 1 N–H and O–H groups in total. The van der Waals surface area contributed by atoms with Crippen LogP contribution in [-0.4, -0.2) is 16.3 Å². The van der Waals surface area contributed by atoms with E-state index in [1.165, 1.54) is 16.0 Å². The molecule has 0 amide bonds. The van der Waals surface area contributed by atoms with Gasteiger partial charge in [0, 0.05) is 35.8 Å². The summed E-state index contributed by atoms with van der Waals surface area (Å²) in [5.74, 6) is 0. The van der Waals surface area contributed by atoms with E-state index >= 15 is 0 Å². The van der Waals surface area contributed by atoms with E-state index in [4.69, 9.17) is 0 Å². The van der Waals surface area contributed by atoms with Crippen molar-refractivity contribution in [2.45, 2.75) is 20.4 Å². The zero-order valence-corrected chi connectivity index (χ0v) is 12.7. The molecule has 2 aromatic heterocycles. The highest BCUT2D eigenvalue weighted by Gasteiger charge is 2.14. The molecule has 0 unspecified atom stereocenters. The fraction of sp³-hybridized carbons (Fsp3) is 0.417. The standard InChI is InChI=1S/C12H16BrN3S/c1-4-14-6-9-7-16(3)15-12(9)10-5-11(13)17-8(10)2/h5,7,14H,4,6H2,1-3H3. The number of halogens is 1. The Morgan fingerprint density at radius 3 is 2.88 bits per heavy atom. The second kappa shape index (κ2) is 5.33. The summed E-state index contributed by atoms with van der Waals surface area (Å²) in [7, 11) is 1.97. The van der Waals surface area contributed by atoms with Crippen molar-refractivity contribution < 1.29 is 0 Å². The van der Waals surface area contributed by atoms with Crippen LogP contribution in [-0.2, 0) is 13.6 Å². The Hall–Kier alpha value is -0.650. The van der Waals surface area contributed by atoms with Crippen LogP contribution in [0.5, 0.6) is 0 Å². The van der Waals surface area contributed by atoms with Crippen molar-refractivity contribution in [2.75, 3.05) is 6.54 Å². The van der Waals surface area contributed by atoms with Crippen LogP contribution in [0.15, 0.2) is 16.0 Å². The van der Waals surface area contributed by atoms with Crippen LogP contribution >= 0.6 is 27.3 Å². The molecule has 0 saturated heterocycles. The molecule has 5 heteroatoms. The molecule has 0 aromatic carbocycles. The minimum Gasteiger partial charge on any atom is -0.313 e. The van der Waals surface area contributed by atoms with Crippen molar-refractivity contribution in [3.8, 4) is 11.3 Å². The third kappa shape index (κ3) is 2.78. The topological polar surface area (TPSA) is 29.9 Å². The largest absolute Gasteiger partial charge is 0.313 e. The maximum Gasteiger partial charge on any atom is 0.0979 e. The van der Waals surface area contributed by atoms with Crippen molar-refractivity contribution in [1.29, 1.82) is 0 Å². The second-order valence-electron chi connectivity index (χ2n) is 3.98. The first-order chi connectivity index (χ1) is 8.11. The number of hydrogen-bond donors (Lipinski definition) is 1. The van der Waals surface area contributed by atoms with Gasteiger partial charge in [-0.25, -0.2) is 0 Å². The quantitative estimate of drug-likeness (QED) is 0.938. The van der Waals surface area contributed by atoms with Gasteiger partial charge < -0.3 is 5.32 Å². The molecular formula is C12H16BrN3S. The lowest BCUT2D eigenvalue weighted by Crippen LogP contribution is -2.11. The van der Waals surface area contributed by atoms with Gasteiger partial charge in [-0.15, -0.1) is 11.3 Å². The van der Waals surface area contributed by atoms with Crippen molar-refractivity contribution in [2.24, 2.45) is 7.05 Å². The van der Waals surface area contributed by atoms with Crippen molar-refractivity contribution >= 4 is 27.3 Å². The molecular weight excluding hydrogens is 298 g/mol. The Kier molecular flexibility index (Phi) is 4.01. The first kappa shape index (κ1) is 12.8. The van der Waals surface area contributed by atoms with Gasteiger partial charge in [0.05, 0.1) is 9.48 Å². The van der Waals surface area contributed by atoms with Crippen LogP contribution in [0.3, 0.4) is 0 Å². The average molecular weight is 314 g/mol. The lowest BCUT2D eigenvalue weighted by atomic mass is 10.1. The molecule has 0 bridgehead atoms. The van der Waals surface area contributed by atoms with Gasteiger partial charge in [0.25, 0.3) is 0 Å². The van der Waals surface area contributed by atoms with Gasteiger partial charge in [-0.1, -0.05) is 6.92 Å². The molecule has 2 rings (SSSR count). The lowest BCUT2D eigenvalue weighted by molar-refractivity contribution is 0.724. The van der Waals surface area contributed by atoms with E-state index in [0.717, 1.165) is 22.6 Å². The van der Waals surface area contributed by atoms with Gasteiger partial charge in [0.1, 0.15) is 0 Å². The van der Waals surface area contributed by atoms with E-state index in [2.05, 4.69) is 52.5 Å². The Morgan fingerprint density at radius 1 is 1.53 bits per heavy atom. The molecule has 0 radical (unpaired) electrons. The van der Waals surface area contributed by atoms with Gasteiger partial charge >= 0.3 is 0 Å². The number of nitrogens with one attached hydrogen (secondary N) is 1. The minimum absolute atomic E-state index is 0.868. The lowest BCUT2D eigenvalue weighted by Gasteiger charge is -2.02. The van der Waals surface area contributed by atoms with Crippen LogP contribution < -0.4 is 5.32 Å². The third-order valence-electron chi connectivity index (χ3n) is 2.61. The number of aromatic nitrogens is 2. The Balaban J connectivity index is 2.40. The molecule has 0 spiro atoms. The SMILES string of the molecule is CCNCc1cn(C)nc1-c1cc(Br)sc1C. The van der Waals surface area contributed by atoms with Crippen LogP contribution in [0.2, 0.25) is 0 Å². The van der Waals surface area contributed by atoms with E-state index in [1.54, 1.807) is 11.3 Å². The summed E-state index contributed by atoms with van der Waals surface area (Å²) in [6.07, 6.45) is 2.09. The van der Waals surface area contributed by atoms with Crippen molar-refractivity contribution in [3.63, 3.8) is 0 Å². The summed E-state index contributed by atoms with van der Waals surface area (Å²) in [5.41, 5.74) is 3.58. The average Bonchev–Trinajstić information content (AvgIpc) is 2.78. The Labute approximate surface area is 114 Å². The van der Waals surface area contributed by atoms with E-state index in [-0.39, 0.29) is 0 Å². The Bertz CT molecular complexity index is 516. The second-order valence-corrected chi connectivity index (χ2v) is 6.61. The summed E-state index contributed by atoms with van der Waals surface area (Å²) in [5, 5.41) is 7.92. The summed E-state index contributed by atoms with van der Waals surface area (Å²) in [6.45, 7) is 6.09. The number of nitrogens with zero attached hydrogens (tertiary/aromatic N) is 2. The summed E-state index contributed by atoms with van der Waals surface area (Å²) >= 11 is 5.29. The fourth-order valence-corrected chi connectivity index (χ4v) is 3.53. The molecule has 0 aliphatic carbocycles. The molecule has 0 aliphatic heterocycles. The molecule has 0 aliphatic rings. The zero-order valence-electron chi connectivity index (χ0n) is 10.2. The summed E-state index contributed by atoms with van der Waals surface area (Å²) in [6, 6.07) is 2.15. The monoisotopic (exact) mass is 313 g/mol.